The average molecular weight is 586 g/mol. The molecule has 0 spiro atoms. The molecule has 1 aliphatic rings. The molecule has 1 saturated heterocycles. The fraction of sp³-hybridized carbons (Fsp3) is 0.238. The molecule has 3 N–H and O–H groups in total. The first-order valence-electron chi connectivity index (χ1n) is 9.96. The minimum absolute atomic E-state index is 0.232. The number of H-pyrrole nitrogens is 1. The van der Waals surface area contributed by atoms with Crippen LogP contribution in [0.5, 0.6) is 0 Å². The zero-order chi connectivity index (χ0) is 22.7. The van der Waals surface area contributed by atoms with E-state index < -0.39 is 7.44 Å². The van der Waals surface area contributed by atoms with Gasteiger partial charge in [0.15, 0.2) is 5.82 Å². The molecular weight excluding hydrogens is 564 g/mol. The Morgan fingerprint density at radius 2 is 1.81 bits per heavy atom. The molecule has 1 aromatic heterocycles. The molecule has 1 amide bonds. The van der Waals surface area contributed by atoms with Crippen molar-refractivity contribution < 1.29 is 14.1 Å². The quantitative estimate of drug-likeness (QED) is 0.291. The first kappa shape index (κ1) is 23.3. The van der Waals surface area contributed by atoms with E-state index in [-0.39, 0.29) is 11.7 Å². The van der Waals surface area contributed by atoms with E-state index in [0.717, 1.165) is 9.26 Å². The Morgan fingerprint density at radius 1 is 1.16 bits per heavy atom. The van der Waals surface area contributed by atoms with Gasteiger partial charge in [-0.1, -0.05) is 11.6 Å². The van der Waals surface area contributed by atoms with Crippen molar-refractivity contribution in [1.29, 1.82) is 0 Å². The third kappa shape index (κ3) is 5.02. The number of nitrogens with one attached hydrogen (secondary N) is 3. The second kappa shape index (κ2) is 9.93. The lowest BCUT2D eigenvalue weighted by Crippen LogP contribution is -2.39. The summed E-state index contributed by atoms with van der Waals surface area (Å²) < 4.78 is 23.0. The van der Waals surface area contributed by atoms with Crippen molar-refractivity contribution in [2.45, 2.75) is 6.92 Å². The molecule has 4 rings (SSSR count). The fourth-order valence-corrected chi connectivity index (χ4v) is 6.61. The first-order chi connectivity index (χ1) is 15.4. The average Bonchev–Trinajstić information content (AvgIpc) is 3.16. The van der Waals surface area contributed by atoms with Gasteiger partial charge < -0.3 is 15.1 Å². The van der Waals surface area contributed by atoms with E-state index in [2.05, 4.69) is 43.2 Å². The van der Waals surface area contributed by atoms with Crippen LogP contribution in [0.3, 0.4) is 0 Å². The van der Waals surface area contributed by atoms with Crippen LogP contribution in [-0.2, 0) is 9.30 Å². The number of rotatable bonds is 6. The van der Waals surface area contributed by atoms with Crippen molar-refractivity contribution >= 4 is 64.4 Å². The second-order valence-corrected chi connectivity index (χ2v) is 11.3. The normalized spacial score (nSPS) is 16.3. The van der Waals surface area contributed by atoms with Crippen LogP contribution in [0.1, 0.15) is 16.1 Å². The molecule has 0 saturated carbocycles. The molecule has 3 aromatic rings. The van der Waals surface area contributed by atoms with Gasteiger partial charge >= 0.3 is 0 Å². The molecule has 2 aromatic carbocycles. The number of amides is 1. The van der Waals surface area contributed by atoms with Crippen LogP contribution < -0.4 is 15.7 Å². The maximum absolute atomic E-state index is 14.6. The Labute approximate surface area is 204 Å². The highest BCUT2D eigenvalue weighted by Gasteiger charge is 2.39. The van der Waals surface area contributed by atoms with E-state index in [1.54, 1.807) is 31.2 Å². The molecule has 8 nitrogen and oxygen atoms in total. The van der Waals surface area contributed by atoms with Crippen LogP contribution in [0.4, 0.5) is 11.5 Å². The van der Waals surface area contributed by atoms with Crippen molar-refractivity contribution in [1.82, 2.24) is 14.9 Å². The molecular formula is C21H22ClIN5O3P. The lowest BCUT2D eigenvalue weighted by atomic mass is 10.2. The molecule has 0 bridgehead atoms. The second-order valence-electron chi connectivity index (χ2n) is 7.27. The summed E-state index contributed by atoms with van der Waals surface area (Å²) in [6.45, 7) is 3.72. The van der Waals surface area contributed by atoms with Crippen molar-refractivity contribution in [2.24, 2.45) is 0 Å². The summed E-state index contributed by atoms with van der Waals surface area (Å²) >= 11 is 8.15. The largest absolute Gasteiger partial charge is 0.379 e. The number of carbonyl (C=O) groups excluding carboxylic acids is 1. The number of aryl methyl sites for hydroxylation is 1. The Morgan fingerprint density at radius 3 is 2.47 bits per heavy atom. The van der Waals surface area contributed by atoms with Gasteiger partial charge in [-0.25, -0.2) is 4.67 Å². The number of ether oxygens (including phenoxy) is 1. The number of benzene rings is 2. The minimum Gasteiger partial charge on any atom is -0.379 e. The fourth-order valence-electron chi connectivity index (χ4n) is 3.47. The number of anilines is 2. The lowest BCUT2D eigenvalue weighted by molar-refractivity contribution is 0.0729. The Balaban J connectivity index is 1.71. The summed E-state index contributed by atoms with van der Waals surface area (Å²) in [5.41, 5.74) is 1.76. The highest BCUT2D eigenvalue weighted by molar-refractivity contribution is 14.1. The number of carbonyl (C=O) groups is 1. The number of hydrogen-bond acceptors (Lipinski definition) is 4. The van der Waals surface area contributed by atoms with Crippen molar-refractivity contribution in [3.63, 3.8) is 0 Å². The van der Waals surface area contributed by atoms with Crippen molar-refractivity contribution in [2.75, 3.05) is 36.7 Å². The topological polar surface area (TPSA) is 99.3 Å². The van der Waals surface area contributed by atoms with Gasteiger partial charge in [-0.05, 0) is 78.0 Å². The molecule has 1 atom stereocenters. The number of hydrogen-bond donors (Lipinski definition) is 3. The van der Waals surface area contributed by atoms with Crippen LogP contribution in [0, 0.1) is 10.5 Å². The number of aromatic amines is 1. The predicted octanol–water partition coefficient (Wildman–Crippen LogP) is 4.49. The van der Waals surface area contributed by atoms with E-state index in [1.165, 1.54) is 0 Å². The lowest BCUT2D eigenvalue weighted by Gasteiger charge is -2.35. The minimum atomic E-state index is -3.40. The van der Waals surface area contributed by atoms with Gasteiger partial charge in [-0.3, -0.25) is 14.5 Å². The molecule has 168 valence electrons. The van der Waals surface area contributed by atoms with Gasteiger partial charge in [0.2, 0.25) is 0 Å². The van der Waals surface area contributed by atoms with Gasteiger partial charge in [-0.2, -0.15) is 5.10 Å². The predicted molar refractivity (Wildman–Crippen MR) is 135 cm³/mol. The number of morpholine rings is 1. The monoisotopic (exact) mass is 585 g/mol. The van der Waals surface area contributed by atoms with Crippen LogP contribution >= 0.6 is 41.6 Å². The molecule has 2 heterocycles. The van der Waals surface area contributed by atoms with E-state index in [4.69, 9.17) is 16.3 Å². The van der Waals surface area contributed by atoms with Crippen molar-refractivity contribution in [3.05, 3.63) is 68.4 Å². The number of halogens is 2. The molecule has 1 fully saturated rings. The smallest absolute Gasteiger partial charge is 0.272 e. The zero-order valence-corrected chi connectivity index (χ0v) is 21.1. The van der Waals surface area contributed by atoms with E-state index in [0.29, 0.717) is 47.9 Å². The Kier molecular flexibility index (Phi) is 7.21. The highest BCUT2D eigenvalue weighted by atomic mass is 127. The van der Waals surface area contributed by atoms with E-state index in [9.17, 15) is 9.36 Å². The molecule has 1 aliphatic heterocycles. The first-order valence-corrected chi connectivity index (χ1v) is 13.1. The van der Waals surface area contributed by atoms with E-state index in [1.807, 2.05) is 28.9 Å². The molecule has 0 aliphatic carbocycles. The summed E-state index contributed by atoms with van der Waals surface area (Å²) in [6.07, 6.45) is 0. The summed E-state index contributed by atoms with van der Waals surface area (Å²) in [5.74, 6) is -0.132. The van der Waals surface area contributed by atoms with Gasteiger partial charge in [0.1, 0.15) is 5.30 Å². The number of aromatic nitrogens is 2. The maximum atomic E-state index is 14.6. The standard InChI is InChI=1S/C21H22ClIN5O3P/c1-14-19(20(26-25-14)24-21(29)15-2-4-16(22)5-3-15)32(30,28-10-12-31-13-11-28)27-18-8-6-17(23)7-9-18/h2-9H,10-13H2,1H3,(H,27,30)(H2,24,25,26,29). The summed E-state index contributed by atoms with van der Waals surface area (Å²) in [5, 5.41) is 14.2. The molecule has 0 radical (unpaired) electrons. The number of nitrogens with zero attached hydrogens (tertiary/aromatic N) is 2. The van der Waals surface area contributed by atoms with Gasteiger partial charge in [0.05, 0.1) is 13.2 Å². The Bertz CT molecular complexity index is 1150. The van der Waals surface area contributed by atoms with E-state index >= 15 is 0 Å². The maximum Gasteiger partial charge on any atom is 0.272 e. The van der Waals surface area contributed by atoms with Gasteiger partial charge in [0.25, 0.3) is 13.4 Å². The SMILES string of the molecule is Cc1[nH]nc(NC(=O)c2ccc(Cl)cc2)c1P(=O)(Nc1ccc(I)cc1)N1CCOCC1. The van der Waals surface area contributed by atoms with Gasteiger partial charge in [0, 0.05) is 38.6 Å². The summed E-state index contributed by atoms with van der Waals surface area (Å²) in [6, 6.07) is 14.2. The zero-order valence-electron chi connectivity index (χ0n) is 17.3. The molecule has 11 heteroatoms. The third-order valence-corrected chi connectivity index (χ3v) is 8.95. The molecule has 32 heavy (non-hydrogen) atoms. The van der Waals surface area contributed by atoms with Crippen LogP contribution in [-0.4, -0.2) is 47.1 Å². The Hall–Kier alpha value is -1.91. The highest BCUT2D eigenvalue weighted by Crippen LogP contribution is 2.51. The van der Waals surface area contributed by atoms with Gasteiger partial charge in [-0.15, -0.1) is 0 Å². The molecule has 1 unspecified atom stereocenters. The van der Waals surface area contributed by atoms with Crippen LogP contribution in [0.2, 0.25) is 5.02 Å². The van der Waals surface area contributed by atoms with Crippen LogP contribution in [0.25, 0.3) is 0 Å². The van der Waals surface area contributed by atoms with Crippen LogP contribution in [0.15, 0.2) is 48.5 Å². The summed E-state index contributed by atoms with van der Waals surface area (Å²) in [7, 11) is -3.40. The van der Waals surface area contributed by atoms with Crippen molar-refractivity contribution in [3.8, 4) is 0 Å². The third-order valence-electron chi connectivity index (χ3n) is 5.07. The summed E-state index contributed by atoms with van der Waals surface area (Å²) in [4.78, 5) is 12.8.